The molecule has 1 aliphatic rings. The molecule has 1 N–H and O–H groups in total. The molecule has 1 aliphatic heterocycles. The minimum absolute atomic E-state index is 0.219. The van der Waals surface area contributed by atoms with Gasteiger partial charge >= 0.3 is 0 Å². The molecule has 3 rings (SSSR count). The van der Waals surface area contributed by atoms with Crippen LogP contribution in [-0.2, 0) is 0 Å². The first kappa shape index (κ1) is 8.40. The lowest BCUT2D eigenvalue weighted by Crippen LogP contribution is -2.20. The second-order valence-corrected chi connectivity index (χ2v) is 3.78. The quantitative estimate of drug-likeness (QED) is 0.701. The van der Waals surface area contributed by atoms with Crippen LogP contribution < -0.4 is 5.32 Å². The fraction of sp³-hybridized carbons (Fsp3) is 0.300. The molecule has 0 spiro atoms. The number of anilines is 1. The van der Waals surface area contributed by atoms with Crippen molar-refractivity contribution in [2.45, 2.75) is 19.9 Å². The molecule has 2 aromatic heterocycles. The molecule has 76 valence electrons. The number of hydrogen-bond donors (Lipinski definition) is 1. The Balaban J connectivity index is 2.33. The zero-order chi connectivity index (χ0) is 10.4. The lowest BCUT2D eigenvalue weighted by molar-refractivity contribution is 0.749. The van der Waals surface area contributed by atoms with Crippen molar-refractivity contribution in [2.75, 3.05) is 5.32 Å². The van der Waals surface area contributed by atoms with Crippen LogP contribution in [0.3, 0.4) is 0 Å². The molecule has 0 amide bonds. The summed E-state index contributed by atoms with van der Waals surface area (Å²) < 4.78 is 2.07. The van der Waals surface area contributed by atoms with Gasteiger partial charge < -0.3 is 5.32 Å². The van der Waals surface area contributed by atoms with Gasteiger partial charge in [-0.25, -0.2) is 4.98 Å². The molecule has 0 radical (unpaired) electrons. The summed E-state index contributed by atoms with van der Waals surface area (Å²) in [5.74, 6) is 0.827. The number of rotatable bonds is 0. The summed E-state index contributed by atoms with van der Waals surface area (Å²) in [6.45, 7) is 4.11. The summed E-state index contributed by atoms with van der Waals surface area (Å²) in [4.78, 5) is 4.17. The Kier molecular flexibility index (Phi) is 1.56. The van der Waals surface area contributed by atoms with Crippen LogP contribution in [0.4, 0.5) is 5.82 Å². The Morgan fingerprint density at radius 1 is 1.40 bits per heavy atom. The summed E-state index contributed by atoms with van der Waals surface area (Å²) in [5.41, 5.74) is 3.30. The van der Waals surface area contributed by atoms with E-state index >= 15 is 0 Å². The Labute approximate surface area is 87.2 Å². The van der Waals surface area contributed by atoms with E-state index in [0.717, 1.165) is 22.8 Å². The number of aryl methyl sites for hydroxylation is 1. The number of nitrogens with zero attached hydrogens (tertiary/aromatic N) is 4. The highest BCUT2D eigenvalue weighted by molar-refractivity contribution is 5.62. The number of nitrogens with one attached hydrogen (secondary N) is 1. The molecule has 1 atom stereocenters. The molecule has 15 heavy (non-hydrogen) atoms. The van der Waals surface area contributed by atoms with Crippen molar-refractivity contribution in [1.29, 1.82) is 0 Å². The Hall–Kier alpha value is -1.91. The molecule has 5 heteroatoms. The van der Waals surface area contributed by atoms with E-state index in [1.807, 2.05) is 19.4 Å². The number of imidazole rings is 1. The highest BCUT2D eigenvalue weighted by Crippen LogP contribution is 2.32. The molecule has 1 unspecified atom stereocenters. The van der Waals surface area contributed by atoms with E-state index in [1.54, 1.807) is 6.20 Å². The van der Waals surface area contributed by atoms with Crippen LogP contribution in [0.5, 0.6) is 0 Å². The number of hydrogen-bond acceptors (Lipinski definition) is 4. The normalized spacial score (nSPS) is 17.9. The third kappa shape index (κ3) is 1.06. The molecular weight excluding hydrogens is 190 g/mol. The predicted octanol–water partition coefficient (Wildman–Crippen LogP) is 1.46. The highest BCUT2D eigenvalue weighted by atomic mass is 15.2. The van der Waals surface area contributed by atoms with Gasteiger partial charge in [-0.3, -0.25) is 4.57 Å². The van der Waals surface area contributed by atoms with Crippen molar-refractivity contribution in [3.8, 4) is 5.69 Å². The third-order valence-electron chi connectivity index (χ3n) is 2.71. The van der Waals surface area contributed by atoms with E-state index in [2.05, 4.69) is 32.0 Å². The van der Waals surface area contributed by atoms with E-state index in [0.29, 0.717) is 0 Å². The van der Waals surface area contributed by atoms with E-state index < -0.39 is 0 Å². The van der Waals surface area contributed by atoms with Crippen LogP contribution in [0.2, 0.25) is 0 Å². The molecule has 5 nitrogen and oxygen atoms in total. The predicted molar refractivity (Wildman–Crippen MR) is 55.9 cm³/mol. The Morgan fingerprint density at radius 3 is 3.13 bits per heavy atom. The van der Waals surface area contributed by atoms with Crippen molar-refractivity contribution in [1.82, 2.24) is 19.7 Å². The second-order valence-electron chi connectivity index (χ2n) is 3.78. The summed E-state index contributed by atoms with van der Waals surface area (Å²) >= 11 is 0. The largest absolute Gasteiger partial charge is 0.359 e. The molecule has 0 fully saturated rings. The van der Waals surface area contributed by atoms with E-state index in [1.165, 1.54) is 0 Å². The molecular formula is C10H11N5. The van der Waals surface area contributed by atoms with Crippen molar-refractivity contribution in [3.63, 3.8) is 0 Å². The monoisotopic (exact) mass is 201 g/mol. The number of fused-ring (bicyclic) bond motifs is 3. The maximum Gasteiger partial charge on any atom is 0.173 e. The Morgan fingerprint density at radius 2 is 2.27 bits per heavy atom. The first-order valence-electron chi connectivity index (χ1n) is 4.89. The highest BCUT2D eigenvalue weighted by Gasteiger charge is 2.23. The van der Waals surface area contributed by atoms with Crippen molar-refractivity contribution >= 4 is 5.82 Å². The van der Waals surface area contributed by atoms with Gasteiger partial charge in [-0.2, -0.15) is 5.10 Å². The SMILES string of the molecule is Cc1cnnc2c1-n1cncc1C(C)N2. The molecule has 0 saturated carbocycles. The first-order valence-corrected chi connectivity index (χ1v) is 4.89. The third-order valence-corrected chi connectivity index (χ3v) is 2.71. The van der Waals surface area contributed by atoms with Gasteiger partial charge in [-0.15, -0.1) is 5.10 Å². The van der Waals surface area contributed by atoms with Gasteiger partial charge in [0.2, 0.25) is 0 Å². The summed E-state index contributed by atoms with van der Waals surface area (Å²) in [6, 6.07) is 0.219. The number of aromatic nitrogens is 4. The molecule has 0 bridgehead atoms. The second kappa shape index (κ2) is 2.79. The van der Waals surface area contributed by atoms with Gasteiger partial charge in [0.05, 0.1) is 36.1 Å². The van der Waals surface area contributed by atoms with Gasteiger partial charge in [-0.1, -0.05) is 0 Å². The summed E-state index contributed by atoms with van der Waals surface area (Å²) in [7, 11) is 0. The van der Waals surface area contributed by atoms with Gasteiger partial charge in [0, 0.05) is 0 Å². The van der Waals surface area contributed by atoms with E-state index in [-0.39, 0.29) is 6.04 Å². The zero-order valence-corrected chi connectivity index (χ0v) is 8.60. The lowest BCUT2D eigenvalue weighted by Gasteiger charge is -2.25. The zero-order valence-electron chi connectivity index (χ0n) is 8.60. The molecule has 0 aliphatic carbocycles. The van der Waals surface area contributed by atoms with Crippen LogP contribution >= 0.6 is 0 Å². The van der Waals surface area contributed by atoms with Crippen molar-refractivity contribution in [3.05, 3.63) is 30.0 Å². The average Bonchev–Trinajstić information content (AvgIpc) is 2.66. The average molecular weight is 201 g/mol. The van der Waals surface area contributed by atoms with E-state index in [9.17, 15) is 0 Å². The fourth-order valence-corrected chi connectivity index (χ4v) is 1.96. The van der Waals surface area contributed by atoms with Crippen LogP contribution in [0.15, 0.2) is 18.7 Å². The summed E-state index contributed by atoms with van der Waals surface area (Å²) in [6.07, 6.45) is 5.46. The van der Waals surface area contributed by atoms with Crippen molar-refractivity contribution in [2.24, 2.45) is 0 Å². The molecule has 0 aromatic carbocycles. The first-order chi connectivity index (χ1) is 7.27. The minimum Gasteiger partial charge on any atom is -0.359 e. The van der Waals surface area contributed by atoms with Crippen LogP contribution in [0.25, 0.3) is 5.69 Å². The lowest BCUT2D eigenvalue weighted by atomic mass is 10.1. The maximum absolute atomic E-state index is 4.17. The Bertz CT molecular complexity index is 516. The van der Waals surface area contributed by atoms with Crippen LogP contribution in [0, 0.1) is 6.92 Å². The maximum atomic E-state index is 4.17. The van der Waals surface area contributed by atoms with Crippen LogP contribution in [0.1, 0.15) is 24.2 Å². The van der Waals surface area contributed by atoms with Gasteiger partial charge in [0.25, 0.3) is 0 Å². The standard InChI is InChI=1S/C10H11N5/c1-6-3-12-14-10-9(6)15-5-11-4-8(15)7(2)13-10/h3-5,7H,1-2H3,(H,13,14). The molecule has 3 heterocycles. The van der Waals surface area contributed by atoms with Crippen molar-refractivity contribution < 1.29 is 0 Å². The van der Waals surface area contributed by atoms with Crippen LogP contribution in [-0.4, -0.2) is 19.7 Å². The molecule has 0 saturated heterocycles. The smallest absolute Gasteiger partial charge is 0.173 e. The van der Waals surface area contributed by atoms with Gasteiger partial charge in [-0.05, 0) is 19.4 Å². The fourth-order valence-electron chi connectivity index (χ4n) is 1.96. The molecule has 2 aromatic rings. The topological polar surface area (TPSA) is 55.6 Å². The van der Waals surface area contributed by atoms with Gasteiger partial charge in [0.1, 0.15) is 0 Å². The summed E-state index contributed by atoms with van der Waals surface area (Å²) in [5, 5.41) is 11.4. The van der Waals surface area contributed by atoms with E-state index in [4.69, 9.17) is 0 Å². The minimum atomic E-state index is 0.219. The van der Waals surface area contributed by atoms with Gasteiger partial charge in [0.15, 0.2) is 5.82 Å².